The summed E-state index contributed by atoms with van der Waals surface area (Å²) in [6, 6.07) is 9.40. The van der Waals surface area contributed by atoms with E-state index in [0.717, 1.165) is 17.7 Å². The van der Waals surface area contributed by atoms with Gasteiger partial charge in [0.2, 0.25) is 0 Å². The average Bonchev–Trinajstić information content (AvgIpc) is 2.56. The lowest BCUT2D eigenvalue weighted by molar-refractivity contribution is -0.927. The normalized spacial score (nSPS) is 27.6. The molecular formula is C18H29N2O+. The number of hydrogen-bond acceptors (Lipinski definition) is 2. The molecule has 21 heavy (non-hydrogen) atoms. The standard InChI is InChI=1S/C18H28N2O/c1-15-6-8-16(9-7-15)19-10-12-20(13-11-19)17-4-3-5-18(14-17)21-2/h3-5,14-16H,6-13H2,1-2H3/p+1. The van der Waals surface area contributed by atoms with Crippen molar-refractivity contribution in [2.75, 3.05) is 38.2 Å². The van der Waals surface area contributed by atoms with Gasteiger partial charge in [0, 0.05) is 11.8 Å². The molecule has 1 aliphatic carbocycles. The maximum atomic E-state index is 5.34. The molecule has 0 spiro atoms. The third kappa shape index (κ3) is 3.52. The van der Waals surface area contributed by atoms with E-state index in [-0.39, 0.29) is 0 Å². The SMILES string of the molecule is COc1cccc(N2CC[NH+](C3CCC(C)CC3)CC2)c1. The predicted octanol–water partition coefficient (Wildman–Crippen LogP) is 1.98. The number of methoxy groups -OCH3 is 1. The maximum Gasteiger partial charge on any atom is 0.120 e. The first-order chi connectivity index (χ1) is 10.3. The zero-order chi connectivity index (χ0) is 14.7. The van der Waals surface area contributed by atoms with Crippen molar-refractivity contribution in [1.29, 1.82) is 0 Å². The molecule has 0 radical (unpaired) electrons. The molecule has 1 aromatic carbocycles. The molecule has 0 bridgehead atoms. The van der Waals surface area contributed by atoms with Gasteiger partial charge in [-0.1, -0.05) is 13.0 Å². The highest BCUT2D eigenvalue weighted by Crippen LogP contribution is 2.23. The van der Waals surface area contributed by atoms with E-state index in [2.05, 4.69) is 30.0 Å². The second kappa shape index (κ2) is 6.69. The van der Waals surface area contributed by atoms with E-state index in [1.165, 1.54) is 57.5 Å². The highest BCUT2D eigenvalue weighted by molar-refractivity contribution is 5.50. The van der Waals surface area contributed by atoms with Crippen molar-refractivity contribution in [3.63, 3.8) is 0 Å². The lowest BCUT2D eigenvalue weighted by atomic mass is 9.86. The Morgan fingerprint density at radius 1 is 1.10 bits per heavy atom. The van der Waals surface area contributed by atoms with Gasteiger partial charge in [0.05, 0.1) is 39.3 Å². The average molecular weight is 289 g/mol. The Morgan fingerprint density at radius 3 is 2.48 bits per heavy atom. The Bertz CT molecular complexity index is 446. The monoisotopic (exact) mass is 289 g/mol. The van der Waals surface area contributed by atoms with Crippen molar-refractivity contribution >= 4 is 5.69 Å². The summed E-state index contributed by atoms with van der Waals surface area (Å²) < 4.78 is 5.34. The first kappa shape index (κ1) is 14.7. The van der Waals surface area contributed by atoms with Crippen LogP contribution in [-0.4, -0.2) is 39.3 Å². The smallest absolute Gasteiger partial charge is 0.120 e. The number of piperazine rings is 1. The van der Waals surface area contributed by atoms with Gasteiger partial charge in [0.25, 0.3) is 0 Å². The van der Waals surface area contributed by atoms with Crippen LogP contribution in [-0.2, 0) is 0 Å². The van der Waals surface area contributed by atoms with E-state index in [1.807, 2.05) is 11.0 Å². The molecule has 3 heteroatoms. The number of quaternary nitrogens is 1. The summed E-state index contributed by atoms with van der Waals surface area (Å²) in [5.74, 6) is 1.92. The number of benzene rings is 1. The quantitative estimate of drug-likeness (QED) is 0.916. The summed E-state index contributed by atoms with van der Waals surface area (Å²) in [5.41, 5.74) is 1.31. The van der Waals surface area contributed by atoms with E-state index >= 15 is 0 Å². The molecule has 1 N–H and O–H groups in total. The molecule has 2 aliphatic rings. The molecule has 0 aromatic heterocycles. The van der Waals surface area contributed by atoms with Crippen LogP contribution in [0.5, 0.6) is 5.75 Å². The molecule has 2 fully saturated rings. The molecule has 3 nitrogen and oxygen atoms in total. The number of anilines is 1. The number of nitrogens with one attached hydrogen (secondary N) is 1. The Morgan fingerprint density at radius 2 is 1.81 bits per heavy atom. The molecule has 1 aliphatic heterocycles. The fraction of sp³-hybridized carbons (Fsp3) is 0.667. The third-order valence-corrected chi connectivity index (χ3v) is 5.42. The van der Waals surface area contributed by atoms with Crippen LogP contribution in [0.1, 0.15) is 32.6 Å². The van der Waals surface area contributed by atoms with Crippen LogP contribution in [0.15, 0.2) is 24.3 Å². The van der Waals surface area contributed by atoms with Gasteiger partial charge in [-0.3, -0.25) is 0 Å². The Balaban J connectivity index is 1.55. The minimum atomic E-state index is 0.925. The minimum absolute atomic E-state index is 0.925. The molecule has 0 atom stereocenters. The Kier molecular flexibility index (Phi) is 4.69. The molecule has 116 valence electrons. The van der Waals surface area contributed by atoms with Crippen LogP contribution in [0.2, 0.25) is 0 Å². The second-order valence-corrected chi connectivity index (χ2v) is 6.80. The second-order valence-electron chi connectivity index (χ2n) is 6.80. The van der Waals surface area contributed by atoms with Crippen LogP contribution in [0.4, 0.5) is 5.69 Å². The molecule has 3 rings (SSSR count). The maximum absolute atomic E-state index is 5.34. The van der Waals surface area contributed by atoms with Crippen molar-refractivity contribution < 1.29 is 9.64 Å². The summed E-state index contributed by atoms with van der Waals surface area (Å²) in [4.78, 5) is 4.36. The number of rotatable bonds is 3. The molecule has 0 unspecified atom stereocenters. The minimum Gasteiger partial charge on any atom is -0.497 e. The van der Waals surface area contributed by atoms with Gasteiger partial charge >= 0.3 is 0 Å². The first-order valence-electron chi connectivity index (χ1n) is 8.50. The molecule has 1 heterocycles. The van der Waals surface area contributed by atoms with Crippen LogP contribution in [0.25, 0.3) is 0 Å². The van der Waals surface area contributed by atoms with Crippen molar-refractivity contribution in [3.8, 4) is 5.75 Å². The predicted molar refractivity (Wildman–Crippen MR) is 87.3 cm³/mol. The van der Waals surface area contributed by atoms with Crippen LogP contribution in [0, 0.1) is 5.92 Å². The van der Waals surface area contributed by atoms with E-state index in [9.17, 15) is 0 Å². The van der Waals surface area contributed by atoms with Crippen molar-refractivity contribution in [2.24, 2.45) is 5.92 Å². The van der Waals surface area contributed by atoms with E-state index in [1.54, 1.807) is 7.11 Å². The zero-order valence-corrected chi connectivity index (χ0v) is 13.5. The lowest BCUT2D eigenvalue weighted by Crippen LogP contribution is -3.18. The molecule has 1 saturated heterocycles. The number of hydrogen-bond donors (Lipinski definition) is 1. The van der Waals surface area contributed by atoms with Gasteiger partial charge in [0.15, 0.2) is 0 Å². The van der Waals surface area contributed by atoms with Crippen molar-refractivity contribution in [3.05, 3.63) is 24.3 Å². The number of nitrogens with zero attached hydrogens (tertiary/aromatic N) is 1. The summed E-state index contributed by atoms with van der Waals surface area (Å²) in [6.07, 6.45) is 5.76. The molecular weight excluding hydrogens is 260 g/mol. The van der Waals surface area contributed by atoms with E-state index < -0.39 is 0 Å². The van der Waals surface area contributed by atoms with Gasteiger partial charge in [0.1, 0.15) is 5.75 Å². The Labute approximate surface area is 128 Å². The van der Waals surface area contributed by atoms with Crippen molar-refractivity contribution in [1.82, 2.24) is 0 Å². The van der Waals surface area contributed by atoms with Gasteiger partial charge in [-0.25, -0.2) is 0 Å². The summed E-state index contributed by atoms with van der Waals surface area (Å²) in [6.45, 7) is 7.34. The van der Waals surface area contributed by atoms with Crippen LogP contribution >= 0.6 is 0 Å². The van der Waals surface area contributed by atoms with E-state index in [0.29, 0.717) is 0 Å². The zero-order valence-electron chi connectivity index (χ0n) is 13.5. The third-order valence-electron chi connectivity index (χ3n) is 5.42. The van der Waals surface area contributed by atoms with Gasteiger partial charge in [-0.15, -0.1) is 0 Å². The van der Waals surface area contributed by atoms with Crippen LogP contribution < -0.4 is 14.5 Å². The van der Waals surface area contributed by atoms with E-state index in [4.69, 9.17) is 4.74 Å². The topological polar surface area (TPSA) is 16.9 Å². The molecule has 1 saturated carbocycles. The first-order valence-corrected chi connectivity index (χ1v) is 8.50. The van der Waals surface area contributed by atoms with Gasteiger partial charge in [-0.05, 0) is 43.7 Å². The largest absolute Gasteiger partial charge is 0.497 e. The molecule has 0 amide bonds. The number of ether oxygens (including phenoxy) is 1. The highest BCUT2D eigenvalue weighted by Gasteiger charge is 2.30. The summed E-state index contributed by atoms with van der Waals surface area (Å²) in [5, 5.41) is 0. The van der Waals surface area contributed by atoms with Gasteiger partial charge < -0.3 is 14.5 Å². The fourth-order valence-corrected chi connectivity index (χ4v) is 3.94. The van der Waals surface area contributed by atoms with Crippen LogP contribution in [0.3, 0.4) is 0 Å². The summed E-state index contributed by atoms with van der Waals surface area (Å²) in [7, 11) is 1.74. The molecule has 1 aromatic rings. The van der Waals surface area contributed by atoms with Crippen molar-refractivity contribution in [2.45, 2.75) is 38.6 Å². The fourth-order valence-electron chi connectivity index (χ4n) is 3.94. The Hall–Kier alpha value is -1.22. The van der Waals surface area contributed by atoms with Gasteiger partial charge in [-0.2, -0.15) is 0 Å². The summed E-state index contributed by atoms with van der Waals surface area (Å²) >= 11 is 0. The highest BCUT2D eigenvalue weighted by atomic mass is 16.5. The lowest BCUT2D eigenvalue weighted by Gasteiger charge is -2.39.